The molecule has 142 valence electrons. The van der Waals surface area contributed by atoms with E-state index in [-0.39, 0.29) is 6.61 Å². The van der Waals surface area contributed by atoms with E-state index in [4.69, 9.17) is 0 Å². The maximum atomic E-state index is 10.1. The highest BCUT2D eigenvalue weighted by Crippen LogP contribution is 2.40. The molecule has 1 N–H and O–H groups in total. The number of aryl methyl sites for hydroxylation is 2. The zero-order valence-electron chi connectivity index (χ0n) is 16.8. The monoisotopic (exact) mass is 380 g/mol. The summed E-state index contributed by atoms with van der Waals surface area (Å²) < 4.78 is 2.35. The molecule has 0 aliphatic heterocycles. The van der Waals surface area contributed by atoms with E-state index >= 15 is 0 Å². The second kappa shape index (κ2) is 8.32. The van der Waals surface area contributed by atoms with Crippen molar-refractivity contribution in [3.63, 3.8) is 0 Å². The minimum atomic E-state index is 0.0725. The number of hydrogen-bond donors (Lipinski definition) is 1. The Kier molecular flexibility index (Phi) is 6.08. The van der Waals surface area contributed by atoms with Crippen molar-refractivity contribution in [3.05, 3.63) is 76.2 Å². The van der Waals surface area contributed by atoms with E-state index in [0.717, 1.165) is 17.8 Å². The van der Waals surface area contributed by atoms with Gasteiger partial charge in [0.2, 0.25) is 0 Å². The van der Waals surface area contributed by atoms with Crippen LogP contribution in [0, 0.1) is 20.8 Å². The van der Waals surface area contributed by atoms with Gasteiger partial charge in [0.25, 0.3) is 0 Å². The molecule has 0 saturated carbocycles. The van der Waals surface area contributed by atoms with Gasteiger partial charge in [0, 0.05) is 35.1 Å². The molecule has 0 atom stereocenters. The lowest BCUT2D eigenvalue weighted by Crippen LogP contribution is -2.04. The van der Waals surface area contributed by atoms with Gasteiger partial charge in [-0.25, -0.2) is 0 Å². The maximum absolute atomic E-state index is 10.1. The van der Waals surface area contributed by atoms with Crippen molar-refractivity contribution < 1.29 is 5.11 Å². The van der Waals surface area contributed by atoms with Gasteiger partial charge in [0.15, 0.2) is 0 Å². The third-order valence-electron chi connectivity index (χ3n) is 4.88. The first-order chi connectivity index (χ1) is 12.9. The highest BCUT2D eigenvalue weighted by atomic mass is 32.2. The summed E-state index contributed by atoms with van der Waals surface area (Å²) in [5, 5.41) is 11.3. The van der Waals surface area contributed by atoms with E-state index in [1.54, 1.807) is 11.8 Å². The van der Waals surface area contributed by atoms with E-state index in [9.17, 15) is 5.11 Å². The highest BCUT2D eigenvalue weighted by molar-refractivity contribution is 7.99. The van der Waals surface area contributed by atoms with Crippen LogP contribution in [0.3, 0.4) is 0 Å². The number of rotatable bonds is 6. The number of aromatic nitrogens is 2. The summed E-state index contributed by atoms with van der Waals surface area (Å²) in [5.41, 5.74) is 7.22. The summed E-state index contributed by atoms with van der Waals surface area (Å²) in [6.45, 7) is 11.7. The van der Waals surface area contributed by atoms with Gasteiger partial charge in [0.05, 0.1) is 11.6 Å². The lowest BCUT2D eigenvalue weighted by molar-refractivity contribution is 0.279. The molecular weight excluding hydrogens is 352 g/mol. The zero-order chi connectivity index (χ0) is 19.6. The molecule has 0 amide bonds. The van der Waals surface area contributed by atoms with Crippen molar-refractivity contribution in [2.75, 3.05) is 0 Å². The third-order valence-corrected chi connectivity index (χ3v) is 5.98. The first-order valence-electron chi connectivity index (χ1n) is 9.38. The number of benzene rings is 1. The molecular formula is C23H28N2OS. The minimum Gasteiger partial charge on any atom is -0.392 e. The van der Waals surface area contributed by atoms with Crippen molar-refractivity contribution in [2.45, 2.75) is 63.6 Å². The van der Waals surface area contributed by atoms with Gasteiger partial charge < -0.3 is 9.67 Å². The highest BCUT2D eigenvalue weighted by Gasteiger charge is 2.23. The van der Waals surface area contributed by atoms with Gasteiger partial charge in [-0.2, -0.15) is 0 Å². The lowest BCUT2D eigenvalue weighted by atomic mass is 10.0. The van der Waals surface area contributed by atoms with Gasteiger partial charge in [-0.1, -0.05) is 31.7 Å². The largest absolute Gasteiger partial charge is 0.392 e. The number of nitrogens with zero attached hydrogens (tertiary/aromatic N) is 2. The zero-order valence-corrected chi connectivity index (χ0v) is 17.6. The molecule has 0 unspecified atom stereocenters. The summed E-state index contributed by atoms with van der Waals surface area (Å²) in [4.78, 5) is 5.37. The van der Waals surface area contributed by atoms with Crippen LogP contribution in [0.4, 0.5) is 0 Å². The van der Waals surface area contributed by atoms with Gasteiger partial charge >= 0.3 is 0 Å². The lowest BCUT2D eigenvalue weighted by Gasteiger charge is -2.15. The molecule has 0 spiro atoms. The maximum Gasteiger partial charge on any atom is 0.0840 e. The molecule has 3 rings (SSSR count). The van der Waals surface area contributed by atoms with Crippen LogP contribution in [-0.4, -0.2) is 14.7 Å². The van der Waals surface area contributed by atoms with E-state index in [1.165, 1.54) is 32.2 Å². The van der Waals surface area contributed by atoms with Crippen LogP contribution in [0.2, 0.25) is 0 Å². The van der Waals surface area contributed by atoms with E-state index in [0.29, 0.717) is 5.92 Å². The van der Waals surface area contributed by atoms with Crippen LogP contribution in [0.25, 0.3) is 0 Å². The SMILES string of the molecule is Cc1cc(C)cc(Sc2c(C(C)C)c(CO)c(C)n2Cc2ccncc2)c1. The fourth-order valence-corrected chi connectivity index (χ4v) is 5.15. The van der Waals surface area contributed by atoms with E-state index in [1.807, 2.05) is 12.4 Å². The van der Waals surface area contributed by atoms with Crippen molar-refractivity contribution in [2.24, 2.45) is 0 Å². The molecule has 0 radical (unpaired) electrons. The number of aliphatic hydroxyl groups is 1. The summed E-state index contributed by atoms with van der Waals surface area (Å²) in [6, 6.07) is 10.8. The van der Waals surface area contributed by atoms with E-state index < -0.39 is 0 Å². The molecule has 0 aliphatic rings. The molecule has 2 aromatic heterocycles. The number of hydrogen-bond acceptors (Lipinski definition) is 3. The van der Waals surface area contributed by atoms with Gasteiger partial charge in [-0.3, -0.25) is 4.98 Å². The predicted molar refractivity (Wildman–Crippen MR) is 113 cm³/mol. The smallest absolute Gasteiger partial charge is 0.0840 e. The first-order valence-corrected chi connectivity index (χ1v) is 10.2. The average Bonchev–Trinajstić information content (AvgIpc) is 2.87. The number of aliphatic hydroxyl groups excluding tert-OH is 1. The van der Waals surface area contributed by atoms with Gasteiger partial charge in [0.1, 0.15) is 0 Å². The van der Waals surface area contributed by atoms with Crippen LogP contribution in [0.1, 0.15) is 53.3 Å². The fraction of sp³-hybridized carbons (Fsp3) is 0.348. The Morgan fingerprint density at radius 1 is 1.04 bits per heavy atom. The Morgan fingerprint density at radius 3 is 2.22 bits per heavy atom. The summed E-state index contributed by atoms with van der Waals surface area (Å²) in [7, 11) is 0. The fourth-order valence-electron chi connectivity index (χ4n) is 3.65. The number of pyridine rings is 1. The summed E-state index contributed by atoms with van der Waals surface area (Å²) in [5.74, 6) is 0.345. The van der Waals surface area contributed by atoms with Crippen LogP contribution in [-0.2, 0) is 13.2 Å². The molecule has 1 aromatic carbocycles. The van der Waals surface area contributed by atoms with E-state index in [2.05, 4.69) is 74.5 Å². The summed E-state index contributed by atoms with van der Waals surface area (Å²) in [6.07, 6.45) is 3.67. The minimum absolute atomic E-state index is 0.0725. The molecule has 3 aromatic rings. The Bertz CT molecular complexity index is 909. The third kappa shape index (κ3) is 4.28. The van der Waals surface area contributed by atoms with Crippen molar-refractivity contribution in [3.8, 4) is 0 Å². The molecule has 2 heterocycles. The molecule has 0 saturated heterocycles. The summed E-state index contributed by atoms with van der Waals surface area (Å²) >= 11 is 1.80. The second-order valence-electron chi connectivity index (χ2n) is 7.46. The van der Waals surface area contributed by atoms with Crippen LogP contribution in [0.15, 0.2) is 52.6 Å². The Morgan fingerprint density at radius 2 is 1.67 bits per heavy atom. The van der Waals surface area contributed by atoms with Crippen LogP contribution >= 0.6 is 11.8 Å². The molecule has 0 bridgehead atoms. The standard InChI is InChI=1S/C23H28N2OS/c1-15(2)22-21(14-26)18(5)25(13-19-6-8-24-9-7-19)23(22)27-20-11-16(3)10-17(4)12-20/h6-12,15,26H,13-14H2,1-5H3. The Labute approximate surface area is 166 Å². The molecule has 3 nitrogen and oxygen atoms in total. The molecule has 4 heteroatoms. The Hall–Kier alpha value is -2.04. The molecule has 0 fully saturated rings. The van der Waals surface area contributed by atoms with Crippen LogP contribution < -0.4 is 0 Å². The normalized spacial score (nSPS) is 11.4. The second-order valence-corrected chi connectivity index (χ2v) is 8.52. The topological polar surface area (TPSA) is 38.0 Å². The predicted octanol–water partition coefficient (Wildman–Crippen LogP) is 5.62. The quantitative estimate of drug-likeness (QED) is 0.603. The van der Waals surface area contributed by atoms with Gasteiger partial charge in [-0.15, -0.1) is 0 Å². The van der Waals surface area contributed by atoms with Gasteiger partial charge in [-0.05, 0) is 73.2 Å². The molecule has 0 aliphatic carbocycles. The Balaban J connectivity index is 2.13. The van der Waals surface area contributed by atoms with Crippen molar-refractivity contribution in [1.29, 1.82) is 0 Å². The van der Waals surface area contributed by atoms with Crippen molar-refractivity contribution >= 4 is 11.8 Å². The van der Waals surface area contributed by atoms with Crippen molar-refractivity contribution in [1.82, 2.24) is 9.55 Å². The molecule has 27 heavy (non-hydrogen) atoms. The average molecular weight is 381 g/mol. The van der Waals surface area contributed by atoms with Crippen LogP contribution in [0.5, 0.6) is 0 Å². The first kappa shape index (κ1) is 19.7.